The molecule has 1 aromatic heterocycles. The molecule has 0 radical (unpaired) electrons. The van der Waals surface area contributed by atoms with Gasteiger partial charge in [-0.25, -0.2) is 4.85 Å². The van der Waals surface area contributed by atoms with E-state index in [1.54, 1.807) is 48.5 Å². The van der Waals surface area contributed by atoms with E-state index in [1.807, 2.05) is 42.5 Å². The number of rotatable bonds is 6. The molecule has 8 heteroatoms. The van der Waals surface area contributed by atoms with Gasteiger partial charge >= 0.3 is 0 Å². The van der Waals surface area contributed by atoms with Gasteiger partial charge < -0.3 is 16.0 Å². The van der Waals surface area contributed by atoms with Crippen LogP contribution in [0.3, 0.4) is 0 Å². The smallest absolute Gasteiger partial charge is 0.233 e. The lowest BCUT2D eigenvalue weighted by Crippen LogP contribution is -2.07. The topological polar surface area (TPSA) is 103 Å². The number of hydrogen-bond donors (Lipinski definition) is 3. The molecular formula is C27H18N8. The molecule has 0 saturated carbocycles. The predicted molar refractivity (Wildman–Crippen MR) is 137 cm³/mol. The lowest BCUT2D eigenvalue weighted by molar-refractivity contribution is 1.06. The molecule has 0 spiro atoms. The highest BCUT2D eigenvalue weighted by atomic mass is 15.3. The third-order valence-corrected chi connectivity index (χ3v) is 5.19. The molecule has 3 N–H and O–H groups in total. The second-order valence-corrected chi connectivity index (χ2v) is 7.56. The standard InChI is InChI=1S/C27H18N8/c1-29-20-13-15-22(16-14-20)31-26-33-25(30-21-11-9-18(17-28)10-12-21)34-27(35-26)32-24-8-4-6-19-5-2-3-7-23(19)24/h2-16H,(H3,30,31,32,33,34,35). The number of nitrogens with one attached hydrogen (secondary N) is 3. The summed E-state index contributed by atoms with van der Waals surface area (Å²) in [6.45, 7) is 7.13. The van der Waals surface area contributed by atoms with Crippen molar-refractivity contribution in [2.75, 3.05) is 16.0 Å². The summed E-state index contributed by atoms with van der Waals surface area (Å²) in [7, 11) is 0. The van der Waals surface area contributed by atoms with Crippen LogP contribution in [0.15, 0.2) is 91.0 Å². The Hall–Kier alpha value is -5.47. The van der Waals surface area contributed by atoms with Crippen LogP contribution < -0.4 is 16.0 Å². The Balaban J connectivity index is 1.50. The van der Waals surface area contributed by atoms with Gasteiger partial charge in [0.1, 0.15) is 0 Å². The normalized spacial score (nSPS) is 10.2. The number of aromatic nitrogens is 3. The van der Waals surface area contributed by atoms with Crippen LogP contribution in [0.2, 0.25) is 0 Å². The van der Waals surface area contributed by atoms with Crippen molar-refractivity contribution in [3.63, 3.8) is 0 Å². The van der Waals surface area contributed by atoms with E-state index in [0.717, 1.165) is 27.8 Å². The van der Waals surface area contributed by atoms with Crippen molar-refractivity contribution in [2.24, 2.45) is 0 Å². The fourth-order valence-corrected chi connectivity index (χ4v) is 3.50. The van der Waals surface area contributed by atoms with E-state index in [-0.39, 0.29) is 0 Å². The molecule has 0 bridgehead atoms. The summed E-state index contributed by atoms with van der Waals surface area (Å²) in [6, 6.07) is 30.2. The monoisotopic (exact) mass is 454 g/mol. The van der Waals surface area contributed by atoms with E-state index in [2.05, 4.69) is 41.8 Å². The molecule has 1 heterocycles. The van der Waals surface area contributed by atoms with E-state index >= 15 is 0 Å². The Morgan fingerprint density at radius 3 is 1.86 bits per heavy atom. The van der Waals surface area contributed by atoms with Gasteiger partial charge in [0.25, 0.3) is 0 Å². The molecule has 0 amide bonds. The van der Waals surface area contributed by atoms with Crippen LogP contribution in [0.5, 0.6) is 0 Å². The summed E-state index contributed by atoms with van der Waals surface area (Å²) in [4.78, 5) is 17.0. The largest absolute Gasteiger partial charge is 0.324 e. The van der Waals surface area contributed by atoms with Crippen LogP contribution in [0.4, 0.5) is 40.6 Å². The Morgan fingerprint density at radius 1 is 0.657 bits per heavy atom. The maximum absolute atomic E-state index is 9.04. The predicted octanol–water partition coefficient (Wildman–Crippen LogP) is 6.68. The zero-order chi connectivity index (χ0) is 24.0. The maximum atomic E-state index is 9.04. The Bertz CT molecular complexity index is 1500. The molecule has 0 aliphatic rings. The van der Waals surface area contributed by atoms with Crippen molar-refractivity contribution in [3.05, 3.63) is 108 Å². The SMILES string of the molecule is [C-]#[N+]c1ccc(Nc2nc(Nc3ccc(C#N)cc3)nc(Nc3cccc4ccccc34)n2)cc1. The average Bonchev–Trinajstić information content (AvgIpc) is 2.90. The van der Waals surface area contributed by atoms with E-state index < -0.39 is 0 Å². The van der Waals surface area contributed by atoms with Crippen molar-refractivity contribution >= 4 is 51.4 Å². The van der Waals surface area contributed by atoms with Crippen molar-refractivity contribution in [1.82, 2.24) is 15.0 Å². The molecule has 5 rings (SSSR count). The minimum atomic E-state index is 0.327. The lowest BCUT2D eigenvalue weighted by Gasteiger charge is -2.13. The van der Waals surface area contributed by atoms with Gasteiger partial charge in [-0.2, -0.15) is 20.2 Å². The van der Waals surface area contributed by atoms with Crippen LogP contribution in [-0.4, -0.2) is 15.0 Å². The summed E-state index contributed by atoms with van der Waals surface area (Å²) < 4.78 is 0. The fraction of sp³-hybridized carbons (Fsp3) is 0. The number of nitriles is 1. The summed E-state index contributed by atoms with van der Waals surface area (Å²) in [6.07, 6.45) is 0. The first-order valence-electron chi connectivity index (χ1n) is 10.7. The first kappa shape index (κ1) is 21.4. The van der Waals surface area contributed by atoms with E-state index in [1.165, 1.54) is 0 Å². The second kappa shape index (κ2) is 9.57. The highest BCUT2D eigenvalue weighted by Gasteiger charge is 2.10. The molecule has 0 saturated heterocycles. The maximum Gasteiger partial charge on any atom is 0.233 e. The van der Waals surface area contributed by atoms with Crippen LogP contribution >= 0.6 is 0 Å². The van der Waals surface area contributed by atoms with Gasteiger partial charge in [-0.15, -0.1) is 0 Å². The molecule has 8 nitrogen and oxygen atoms in total. The summed E-state index contributed by atoms with van der Waals surface area (Å²) >= 11 is 0. The van der Waals surface area contributed by atoms with Gasteiger partial charge in [0, 0.05) is 22.4 Å². The summed E-state index contributed by atoms with van der Waals surface area (Å²) in [5.41, 5.74) is 3.45. The molecule has 0 aliphatic carbocycles. The fourth-order valence-electron chi connectivity index (χ4n) is 3.50. The number of nitrogens with zero attached hydrogens (tertiary/aromatic N) is 5. The number of benzene rings is 4. The summed E-state index contributed by atoms with van der Waals surface area (Å²) in [5, 5.41) is 20.8. The Morgan fingerprint density at radius 2 is 1.23 bits per heavy atom. The van der Waals surface area contributed by atoms with E-state index in [9.17, 15) is 0 Å². The molecular weight excluding hydrogens is 436 g/mol. The minimum absolute atomic E-state index is 0.327. The Kier molecular flexibility index (Phi) is 5.85. The lowest BCUT2D eigenvalue weighted by atomic mass is 10.1. The zero-order valence-corrected chi connectivity index (χ0v) is 18.4. The first-order valence-corrected chi connectivity index (χ1v) is 10.7. The molecule has 0 atom stereocenters. The van der Waals surface area contributed by atoms with E-state index in [0.29, 0.717) is 29.1 Å². The highest BCUT2D eigenvalue weighted by molar-refractivity contribution is 5.95. The average molecular weight is 454 g/mol. The number of fused-ring (bicyclic) bond motifs is 1. The molecule has 4 aromatic carbocycles. The van der Waals surface area contributed by atoms with Crippen molar-refractivity contribution in [2.45, 2.75) is 0 Å². The third-order valence-electron chi connectivity index (χ3n) is 5.19. The van der Waals surface area contributed by atoms with Gasteiger partial charge in [0.15, 0.2) is 5.69 Å². The Labute approximate surface area is 201 Å². The van der Waals surface area contributed by atoms with Gasteiger partial charge in [-0.1, -0.05) is 48.5 Å². The quantitative estimate of drug-likeness (QED) is 0.246. The third kappa shape index (κ3) is 4.98. The molecule has 0 unspecified atom stereocenters. The van der Waals surface area contributed by atoms with Gasteiger partial charge in [-0.05, 0) is 47.9 Å². The molecule has 35 heavy (non-hydrogen) atoms. The van der Waals surface area contributed by atoms with Crippen LogP contribution in [0.1, 0.15) is 5.56 Å². The van der Waals surface area contributed by atoms with E-state index in [4.69, 9.17) is 11.8 Å². The minimum Gasteiger partial charge on any atom is -0.324 e. The van der Waals surface area contributed by atoms with Crippen LogP contribution in [0, 0.1) is 17.9 Å². The van der Waals surface area contributed by atoms with Gasteiger partial charge in [0.2, 0.25) is 17.8 Å². The van der Waals surface area contributed by atoms with Gasteiger partial charge in [-0.3, -0.25) is 0 Å². The zero-order valence-electron chi connectivity index (χ0n) is 18.4. The van der Waals surface area contributed by atoms with Crippen LogP contribution in [0.25, 0.3) is 15.6 Å². The van der Waals surface area contributed by atoms with Crippen LogP contribution in [-0.2, 0) is 0 Å². The van der Waals surface area contributed by atoms with Crippen molar-refractivity contribution in [1.29, 1.82) is 5.26 Å². The van der Waals surface area contributed by atoms with Crippen molar-refractivity contribution in [3.8, 4) is 6.07 Å². The summed E-state index contributed by atoms with van der Waals surface area (Å²) in [5.74, 6) is 1.01. The first-order chi connectivity index (χ1) is 17.2. The van der Waals surface area contributed by atoms with Crippen molar-refractivity contribution < 1.29 is 0 Å². The highest BCUT2D eigenvalue weighted by Crippen LogP contribution is 2.27. The molecule has 0 aliphatic heterocycles. The number of anilines is 6. The molecule has 0 fully saturated rings. The molecule has 5 aromatic rings. The number of hydrogen-bond acceptors (Lipinski definition) is 7. The molecule has 166 valence electrons. The van der Waals surface area contributed by atoms with Gasteiger partial charge in [0.05, 0.1) is 18.2 Å². The second-order valence-electron chi connectivity index (χ2n) is 7.56.